The van der Waals surface area contributed by atoms with Crippen LogP contribution in [0.5, 0.6) is 0 Å². The van der Waals surface area contributed by atoms with E-state index in [0.29, 0.717) is 11.3 Å². The van der Waals surface area contributed by atoms with Crippen molar-refractivity contribution in [1.29, 1.82) is 0 Å². The zero-order valence-corrected chi connectivity index (χ0v) is 9.42. The number of hydrogen-bond acceptors (Lipinski definition) is 2. The lowest BCUT2D eigenvalue weighted by atomic mass is 9.93. The highest BCUT2D eigenvalue weighted by Crippen LogP contribution is 2.30. The van der Waals surface area contributed by atoms with Gasteiger partial charge in [0.25, 0.3) is 0 Å². The number of nitrogens with zero attached hydrogens (tertiary/aromatic N) is 2. The minimum atomic E-state index is 0.286. The lowest BCUT2D eigenvalue weighted by Gasteiger charge is -2.37. The van der Waals surface area contributed by atoms with E-state index in [2.05, 4.69) is 30.7 Å². The molecule has 0 aliphatic carbocycles. The van der Waals surface area contributed by atoms with E-state index in [-0.39, 0.29) is 5.92 Å². The van der Waals surface area contributed by atoms with Crippen LogP contribution in [-0.4, -0.2) is 48.9 Å². The van der Waals surface area contributed by atoms with E-state index in [1.54, 1.807) is 0 Å². The Kier molecular flexibility index (Phi) is 2.30. The monoisotopic (exact) mass is 196 g/mol. The summed E-state index contributed by atoms with van der Waals surface area (Å²) < 4.78 is 0. The molecule has 0 N–H and O–H groups in total. The Morgan fingerprint density at radius 1 is 1.36 bits per heavy atom. The SMILES string of the molecule is CN1CC(C(=O)N2CCC(C)(C)C2)C1. The predicted octanol–water partition coefficient (Wildman–Crippen LogP) is 0.806. The average molecular weight is 196 g/mol. The Morgan fingerprint density at radius 3 is 2.43 bits per heavy atom. The van der Waals surface area contributed by atoms with Gasteiger partial charge in [-0.1, -0.05) is 13.8 Å². The Labute approximate surface area is 86.1 Å². The number of amides is 1. The number of carbonyl (C=O) groups is 1. The molecular weight excluding hydrogens is 176 g/mol. The largest absolute Gasteiger partial charge is 0.342 e. The summed E-state index contributed by atoms with van der Waals surface area (Å²) in [5, 5.41) is 0. The summed E-state index contributed by atoms with van der Waals surface area (Å²) in [4.78, 5) is 16.2. The first-order valence-electron chi connectivity index (χ1n) is 5.45. The lowest BCUT2D eigenvalue weighted by molar-refractivity contribution is -0.139. The highest BCUT2D eigenvalue weighted by molar-refractivity contribution is 5.80. The van der Waals surface area contributed by atoms with Crippen molar-refractivity contribution in [1.82, 2.24) is 9.80 Å². The van der Waals surface area contributed by atoms with Crippen molar-refractivity contribution in [3.05, 3.63) is 0 Å². The quantitative estimate of drug-likeness (QED) is 0.619. The first-order valence-corrected chi connectivity index (χ1v) is 5.45. The van der Waals surface area contributed by atoms with Crippen LogP contribution in [0.4, 0.5) is 0 Å². The van der Waals surface area contributed by atoms with Crippen molar-refractivity contribution >= 4 is 5.91 Å². The summed E-state index contributed by atoms with van der Waals surface area (Å²) in [5.74, 6) is 0.669. The van der Waals surface area contributed by atoms with Crippen LogP contribution in [0.2, 0.25) is 0 Å². The summed E-state index contributed by atoms with van der Waals surface area (Å²) in [6.07, 6.45) is 1.15. The standard InChI is InChI=1S/C11H20N2O/c1-11(2)4-5-13(8-11)10(14)9-6-12(3)7-9/h9H,4-8H2,1-3H3. The van der Waals surface area contributed by atoms with E-state index >= 15 is 0 Å². The molecule has 0 unspecified atom stereocenters. The van der Waals surface area contributed by atoms with Crippen LogP contribution in [0.3, 0.4) is 0 Å². The predicted molar refractivity (Wildman–Crippen MR) is 56.0 cm³/mol. The van der Waals surface area contributed by atoms with Gasteiger partial charge >= 0.3 is 0 Å². The van der Waals surface area contributed by atoms with Crippen LogP contribution in [0, 0.1) is 11.3 Å². The molecule has 2 fully saturated rings. The molecule has 0 bridgehead atoms. The van der Waals surface area contributed by atoms with Crippen LogP contribution >= 0.6 is 0 Å². The van der Waals surface area contributed by atoms with Crippen LogP contribution in [0.25, 0.3) is 0 Å². The molecule has 0 saturated carbocycles. The second-order valence-corrected chi connectivity index (χ2v) is 5.59. The van der Waals surface area contributed by atoms with Gasteiger partial charge in [-0.2, -0.15) is 0 Å². The van der Waals surface area contributed by atoms with E-state index in [1.165, 1.54) is 0 Å². The highest BCUT2D eigenvalue weighted by atomic mass is 16.2. The number of likely N-dealkylation sites (tertiary alicyclic amines) is 2. The first kappa shape index (κ1) is 9.97. The fraction of sp³-hybridized carbons (Fsp3) is 0.909. The van der Waals surface area contributed by atoms with Gasteiger partial charge < -0.3 is 9.80 Å². The van der Waals surface area contributed by atoms with Gasteiger partial charge in [-0.3, -0.25) is 4.79 Å². The van der Waals surface area contributed by atoms with Crippen molar-refractivity contribution in [3.8, 4) is 0 Å². The van der Waals surface area contributed by atoms with Crippen molar-refractivity contribution in [2.24, 2.45) is 11.3 Å². The van der Waals surface area contributed by atoms with Crippen molar-refractivity contribution in [2.75, 3.05) is 33.2 Å². The fourth-order valence-electron chi connectivity index (χ4n) is 2.41. The van der Waals surface area contributed by atoms with Crippen LogP contribution in [-0.2, 0) is 4.79 Å². The van der Waals surface area contributed by atoms with E-state index < -0.39 is 0 Å². The Bertz CT molecular complexity index is 244. The van der Waals surface area contributed by atoms with Crippen molar-refractivity contribution < 1.29 is 4.79 Å². The van der Waals surface area contributed by atoms with E-state index in [1.807, 2.05) is 0 Å². The maximum atomic E-state index is 12.0. The number of carbonyl (C=O) groups excluding carboxylic acids is 1. The fourth-order valence-corrected chi connectivity index (χ4v) is 2.41. The topological polar surface area (TPSA) is 23.6 Å². The average Bonchev–Trinajstić information content (AvgIpc) is 2.39. The van der Waals surface area contributed by atoms with Crippen molar-refractivity contribution in [2.45, 2.75) is 20.3 Å². The Hall–Kier alpha value is -0.570. The molecule has 2 saturated heterocycles. The zero-order chi connectivity index (χ0) is 10.3. The third-order valence-corrected chi connectivity index (χ3v) is 3.40. The Morgan fingerprint density at radius 2 is 2.00 bits per heavy atom. The minimum Gasteiger partial charge on any atom is -0.342 e. The second kappa shape index (κ2) is 3.23. The first-order chi connectivity index (χ1) is 6.48. The summed E-state index contributed by atoms with van der Waals surface area (Å²) in [5.41, 5.74) is 0.339. The molecule has 3 nitrogen and oxygen atoms in total. The molecule has 2 aliphatic heterocycles. The maximum Gasteiger partial charge on any atom is 0.228 e. The van der Waals surface area contributed by atoms with Gasteiger partial charge in [0.05, 0.1) is 5.92 Å². The number of hydrogen-bond donors (Lipinski definition) is 0. The van der Waals surface area contributed by atoms with Crippen LogP contribution in [0.1, 0.15) is 20.3 Å². The van der Waals surface area contributed by atoms with E-state index in [9.17, 15) is 4.79 Å². The van der Waals surface area contributed by atoms with Gasteiger partial charge in [0, 0.05) is 26.2 Å². The Balaban J connectivity index is 1.88. The molecule has 14 heavy (non-hydrogen) atoms. The molecule has 1 amide bonds. The summed E-state index contributed by atoms with van der Waals surface area (Å²) >= 11 is 0. The molecule has 2 heterocycles. The molecule has 2 rings (SSSR count). The molecule has 2 aliphatic rings. The van der Waals surface area contributed by atoms with E-state index in [0.717, 1.165) is 32.6 Å². The molecule has 0 aromatic heterocycles. The summed E-state index contributed by atoms with van der Waals surface area (Å²) in [7, 11) is 2.07. The highest BCUT2D eigenvalue weighted by Gasteiger charge is 2.38. The van der Waals surface area contributed by atoms with Gasteiger partial charge in [0.15, 0.2) is 0 Å². The molecule has 0 atom stereocenters. The summed E-state index contributed by atoms with van der Waals surface area (Å²) in [6.45, 7) is 8.31. The third-order valence-electron chi connectivity index (χ3n) is 3.40. The van der Waals surface area contributed by atoms with Crippen molar-refractivity contribution in [3.63, 3.8) is 0 Å². The molecule has 0 radical (unpaired) electrons. The smallest absolute Gasteiger partial charge is 0.228 e. The summed E-state index contributed by atoms with van der Waals surface area (Å²) in [6, 6.07) is 0. The van der Waals surface area contributed by atoms with Gasteiger partial charge in [0.2, 0.25) is 5.91 Å². The number of rotatable bonds is 1. The van der Waals surface area contributed by atoms with Gasteiger partial charge in [-0.05, 0) is 18.9 Å². The third kappa shape index (κ3) is 1.78. The molecule has 0 aromatic carbocycles. The molecule has 0 aromatic rings. The lowest BCUT2D eigenvalue weighted by Crippen LogP contribution is -2.52. The minimum absolute atomic E-state index is 0.286. The van der Waals surface area contributed by atoms with Gasteiger partial charge in [-0.25, -0.2) is 0 Å². The molecule has 0 spiro atoms. The van der Waals surface area contributed by atoms with E-state index in [4.69, 9.17) is 0 Å². The van der Waals surface area contributed by atoms with Crippen LogP contribution < -0.4 is 0 Å². The zero-order valence-electron chi connectivity index (χ0n) is 9.42. The maximum absolute atomic E-state index is 12.0. The van der Waals surface area contributed by atoms with Gasteiger partial charge in [0.1, 0.15) is 0 Å². The normalized spacial score (nSPS) is 27.8. The molecule has 3 heteroatoms. The second-order valence-electron chi connectivity index (χ2n) is 5.59. The molecule has 80 valence electrons. The van der Waals surface area contributed by atoms with Crippen LogP contribution in [0.15, 0.2) is 0 Å². The molecular formula is C11H20N2O. The van der Waals surface area contributed by atoms with Gasteiger partial charge in [-0.15, -0.1) is 0 Å².